The first-order valence-electron chi connectivity index (χ1n) is 7.63. The molecular weight excluding hydrogens is 332 g/mol. The number of carbonyl (C=O) groups excluding carboxylic acids is 1. The molecule has 3 rings (SSSR count). The van der Waals surface area contributed by atoms with Crippen molar-refractivity contribution in [3.63, 3.8) is 0 Å². The molecule has 0 bridgehead atoms. The van der Waals surface area contributed by atoms with Crippen LogP contribution in [0.5, 0.6) is 0 Å². The molecule has 2 aromatic rings. The lowest BCUT2D eigenvalue weighted by molar-refractivity contribution is -0.137. The second-order valence-corrected chi connectivity index (χ2v) is 8.36. The third-order valence-electron chi connectivity index (χ3n) is 4.16. The average Bonchev–Trinajstić information content (AvgIpc) is 3.01. The number of sulfone groups is 1. The van der Waals surface area contributed by atoms with Crippen LogP contribution in [0.15, 0.2) is 30.5 Å². The molecule has 1 aliphatic heterocycles. The Morgan fingerprint density at radius 3 is 2.75 bits per heavy atom. The summed E-state index contributed by atoms with van der Waals surface area (Å²) in [4.78, 5) is 22.9. The second kappa shape index (κ2) is 6.27. The van der Waals surface area contributed by atoms with Crippen molar-refractivity contribution in [1.82, 2.24) is 4.57 Å². The van der Waals surface area contributed by atoms with Crippen LogP contribution < -0.4 is 5.32 Å². The van der Waals surface area contributed by atoms with Crippen LogP contribution in [0.3, 0.4) is 0 Å². The molecular formula is C16H18N2O5S. The number of nitrogens with one attached hydrogen (secondary N) is 1. The fraction of sp³-hybridized carbons (Fsp3) is 0.375. The summed E-state index contributed by atoms with van der Waals surface area (Å²) in [6.07, 6.45) is 2.41. The van der Waals surface area contributed by atoms with Crippen molar-refractivity contribution in [2.45, 2.75) is 19.4 Å². The van der Waals surface area contributed by atoms with Gasteiger partial charge in [-0.05, 0) is 36.6 Å². The standard InChI is InChI=1S/C16H18N2O5S/c19-15(7-11-4-6-24(22,23)10-11)17-13-1-2-14-12(8-13)3-5-18(14)9-16(20)21/h1-3,5,8,11H,4,6-7,9-10H2,(H,17,19)(H,20,21). The Morgan fingerprint density at radius 2 is 2.08 bits per heavy atom. The summed E-state index contributed by atoms with van der Waals surface area (Å²) in [5.74, 6) is -1.00. The fourth-order valence-corrected chi connectivity index (χ4v) is 4.93. The van der Waals surface area contributed by atoms with E-state index in [1.54, 1.807) is 35.0 Å². The maximum absolute atomic E-state index is 12.1. The highest BCUT2D eigenvalue weighted by Gasteiger charge is 2.29. The normalized spacial score (nSPS) is 19.4. The number of hydrogen-bond donors (Lipinski definition) is 2. The van der Waals surface area contributed by atoms with Crippen LogP contribution in [-0.4, -0.2) is 41.5 Å². The molecule has 1 fully saturated rings. The number of benzene rings is 1. The summed E-state index contributed by atoms with van der Waals surface area (Å²) in [5.41, 5.74) is 1.39. The first kappa shape index (κ1) is 16.5. The van der Waals surface area contributed by atoms with E-state index in [-0.39, 0.29) is 36.3 Å². The number of nitrogens with zero attached hydrogens (tertiary/aromatic N) is 1. The first-order chi connectivity index (χ1) is 11.3. The van der Waals surface area contributed by atoms with Gasteiger partial charge in [-0.25, -0.2) is 8.42 Å². The predicted molar refractivity (Wildman–Crippen MR) is 89.6 cm³/mol. The molecule has 1 aliphatic rings. The van der Waals surface area contributed by atoms with E-state index in [4.69, 9.17) is 5.11 Å². The lowest BCUT2D eigenvalue weighted by Crippen LogP contribution is -2.17. The lowest BCUT2D eigenvalue weighted by Gasteiger charge is -2.09. The van der Waals surface area contributed by atoms with E-state index in [1.807, 2.05) is 0 Å². The van der Waals surface area contributed by atoms with Crippen molar-refractivity contribution in [1.29, 1.82) is 0 Å². The van der Waals surface area contributed by atoms with Gasteiger partial charge >= 0.3 is 5.97 Å². The molecule has 24 heavy (non-hydrogen) atoms. The first-order valence-corrected chi connectivity index (χ1v) is 9.45. The highest BCUT2D eigenvalue weighted by Crippen LogP contribution is 2.24. The fourth-order valence-electron chi connectivity index (χ4n) is 3.07. The molecule has 1 atom stereocenters. The Balaban J connectivity index is 1.67. The lowest BCUT2D eigenvalue weighted by atomic mass is 10.0. The quantitative estimate of drug-likeness (QED) is 0.850. The van der Waals surface area contributed by atoms with Crippen molar-refractivity contribution < 1.29 is 23.1 Å². The Labute approximate surface area is 139 Å². The topological polar surface area (TPSA) is 105 Å². The molecule has 0 radical (unpaired) electrons. The zero-order valence-corrected chi connectivity index (χ0v) is 13.8. The van der Waals surface area contributed by atoms with Crippen LogP contribution >= 0.6 is 0 Å². The highest BCUT2D eigenvalue weighted by molar-refractivity contribution is 7.91. The summed E-state index contributed by atoms with van der Waals surface area (Å²) < 4.78 is 24.5. The summed E-state index contributed by atoms with van der Waals surface area (Å²) in [6.45, 7) is -0.120. The molecule has 128 valence electrons. The van der Waals surface area contributed by atoms with Gasteiger partial charge in [0.2, 0.25) is 5.91 Å². The van der Waals surface area contributed by atoms with Gasteiger partial charge in [-0.15, -0.1) is 0 Å². The Hall–Kier alpha value is -2.35. The van der Waals surface area contributed by atoms with Gasteiger partial charge < -0.3 is 15.0 Å². The number of aliphatic carboxylic acids is 1. The average molecular weight is 350 g/mol. The smallest absolute Gasteiger partial charge is 0.323 e. The van der Waals surface area contributed by atoms with Gasteiger partial charge in [0.25, 0.3) is 0 Å². The van der Waals surface area contributed by atoms with E-state index in [0.29, 0.717) is 12.1 Å². The number of aromatic nitrogens is 1. The van der Waals surface area contributed by atoms with E-state index >= 15 is 0 Å². The van der Waals surface area contributed by atoms with Crippen molar-refractivity contribution >= 4 is 38.3 Å². The number of carboxylic acids is 1. The van der Waals surface area contributed by atoms with Crippen molar-refractivity contribution in [3.8, 4) is 0 Å². The summed E-state index contributed by atoms with van der Waals surface area (Å²) >= 11 is 0. The van der Waals surface area contributed by atoms with Gasteiger partial charge in [-0.1, -0.05) is 0 Å². The monoisotopic (exact) mass is 350 g/mol. The number of carboxylic acid groups (broad SMARTS) is 1. The highest BCUT2D eigenvalue weighted by atomic mass is 32.2. The van der Waals surface area contributed by atoms with Gasteiger partial charge in [0.1, 0.15) is 6.54 Å². The Kier molecular flexibility index (Phi) is 4.31. The van der Waals surface area contributed by atoms with Crippen LogP contribution in [0.1, 0.15) is 12.8 Å². The van der Waals surface area contributed by atoms with E-state index in [9.17, 15) is 18.0 Å². The van der Waals surface area contributed by atoms with Crippen LogP contribution in [0, 0.1) is 5.92 Å². The van der Waals surface area contributed by atoms with Gasteiger partial charge in [-0.2, -0.15) is 0 Å². The molecule has 1 aromatic heterocycles. The number of amides is 1. The summed E-state index contributed by atoms with van der Waals surface area (Å²) in [7, 11) is -2.98. The Bertz CT molecular complexity index is 900. The number of carbonyl (C=O) groups is 2. The van der Waals surface area contributed by atoms with Gasteiger partial charge in [0.15, 0.2) is 9.84 Å². The van der Waals surface area contributed by atoms with E-state index in [0.717, 1.165) is 10.9 Å². The van der Waals surface area contributed by atoms with Crippen LogP contribution in [0.4, 0.5) is 5.69 Å². The van der Waals surface area contributed by atoms with Gasteiger partial charge in [-0.3, -0.25) is 9.59 Å². The minimum atomic E-state index is -2.98. The van der Waals surface area contributed by atoms with Crippen LogP contribution in [0.25, 0.3) is 10.9 Å². The maximum atomic E-state index is 12.1. The number of rotatable bonds is 5. The molecule has 2 heterocycles. The number of hydrogen-bond acceptors (Lipinski definition) is 4. The van der Waals surface area contributed by atoms with E-state index in [1.165, 1.54) is 0 Å². The predicted octanol–water partition coefficient (Wildman–Crippen LogP) is 1.49. The molecule has 2 N–H and O–H groups in total. The largest absolute Gasteiger partial charge is 0.480 e. The van der Waals surface area contributed by atoms with Crippen LogP contribution in [0.2, 0.25) is 0 Å². The van der Waals surface area contributed by atoms with Crippen molar-refractivity contribution in [3.05, 3.63) is 30.5 Å². The molecule has 0 aliphatic carbocycles. The second-order valence-electron chi connectivity index (χ2n) is 6.13. The molecule has 1 amide bonds. The molecule has 1 unspecified atom stereocenters. The van der Waals surface area contributed by atoms with Gasteiger partial charge in [0.05, 0.1) is 11.5 Å². The third-order valence-corrected chi connectivity index (χ3v) is 6.00. The Morgan fingerprint density at radius 1 is 1.29 bits per heavy atom. The zero-order valence-electron chi connectivity index (χ0n) is 12.9. The minimum absolute atomic E-state index is 0.0808. The van der Waals surface area contributed by atoms with E-state index in [2.05, 4.69) is 5.32 Å². The molecule has 0 spiro atoms. The summed E-state index contributed by atoms with van der Waals surface area (Å²) in [5, 5.41) is 12.5. The zero-order chi connectivity index (χ0) is 17.3. The molecule has 7 nitrogen and oxygen atoms in total. The third kappa shape index (κ3) is 3.76. The van der Waals surface area contributed by atoms with Crippen molar-refractivity contribution in [2.24, 2.45) is 5.92 Å². The van der Waals surface area contributed by atoms with Crippen LogP contribution in [-0.2, 0) is 26.0 Å². The maximum Gasteiger partial charge on any atom is 0.323 e. The molecule has 1 aromatic carbocycles. The van der Waals surface area contributed by atoms with Crippen molar-refractivity contribution in [2.75, 3.05) is 16.8 Å². The molecule has 1 saturated heterocycles. The van der Waals surface area contributed by atoms with Gasteiger partial charge in [0, 0.05) is 29.2 Å². The minimum Gasteiger partial charge on any atom is -0.480 e. The summed E-state index contributed by atoms with van der Waals surface area (Å²) in [6, 6.07) is 7.03. The number of fused-ring (bicyclic) bond motifs is 1. The number of anilines is 1. The molecule has 0 saturated carbocycles. The molecule has 8 heteroatoms. The SMILES string of the molecule is O=C(O)Cn1ccc2cc(NC(=O)CC3CCS(=O)(=O)C3)ccc21. The van der Waals surface area contributed by atoms with E-state index < -0.39 is 15.8 Å².